The summed E-state index contributed by atoms with van der Waals surface area (Å²) in [4.78, 5) is 133. The quantitative estimate of drug-likeness (QED) is 0.0334. The van der Waals surface area contributed by atoms with E-state index in [-0.39, 0.29) is 50.5 Å². The van der Waals surface area contributed by atoms with E-state index in [4.69, 9.17) is 10.2 Å². The molecule has 0 saturated heterocycles. The molecule has 0 radical (unpaired) electrons. The first-order valence-electron chi connectivity index (χ1n) is 23.7. The summed E-state index contributed by atoms with van der Waals surface area (Å²) in [5.74, 6) is -10.1. The van der Waals surface area contributed by atoms with E-state index < -0.39 is 128 Å². The number of hydrogen-bond donors (Lipinski definition) is 13. The largest absolute Gasteiger partial charge is 0.481 e. The zero-order chi connectivity index (χ0) is 56.6. The molecule has 1 heterocycles. The van der Waals surface area contributed by atoms with Crippen LogP contribution in [0.15, 0.2) is 79.0 Å². The molecule has 28 heteroatoms. The molecule has 0 saturated carbocycles. The van der Waals surface area contributed by atoms with Crippen LogP contribution in [0.3, 0.4) is 0 Å². The smallest absolute Gasteiger partial charge is 0.326 e. The van der Waals surface area contributed by atoms with Crippen molar-refractivity contribution in [1.29, 1.82) is 0 Å². The number of urea groups is 2. The molecule has 0 aliphatic heterocycles. The van der Waals surface area contributed by atoms with Crippen LogP contribution in [0.4, 0.5) is 25.4 Å². The minimum Gasteiger partial charge on any atom is -0.481 e. The molecule has 7 amide bonds. The van der Waals surface area contributed by atoms with E-state index in [2.05, 4.69) is 36.9 Å². The zero-order valence-corrected chi connectivity index (χ0v) is 41.0. The number of aromatic nitrogens is 3. The van der Waals surface area contributed by atoms with Gasteiger partial charge in [0.25, 0.3) is 5.91 Å². The topological polar surface area (TPSA) is 424 Å². The molecule has 412 valence electrons. The lowest BCUT2D eigenvalue weighted by atomic mass is 10.0. The third kappa shape index (κ3) is 21.5. The summed E-state index contributed by atoms with van der Waals surface area (Å²) in [7, 11) is 0. The van der Waals surface area contributed by atoms with E-state index in [9.17, 15) is 77.6 Å². The number of rotatable bonds is 32. The summed E-state index contributed by atoms with van der Waals surface area (Å²) in [6, 6.07) is 8.80. The second-order valence-electron chi connectivity index (χ2n) is 17.3. The van der Waals surface area contributed by atoms with Crippen molar-refractivity contribution in [2.24, 2.45) is 0 Å². The van der Waals surface area contributed by atoms with Crippen LogP contribution in [0, 0.1) is 0 Å². The van der Waals surface area contributed by atoms with Gasteiger partial charge in [0, 0.05) is 61.5 Å². The number of halogens is 1. The third-order valence-corrected chi connectivity index (χ3v) is 11.3. The highest BCUT2D eigenvalue weighted by Crippen LogP contribution is 2.17. The Bertz CT molecular complexity index is 2610. The molecule has 4 unspecified atom stereocenters. The maximum atomic E-state index is 13.6. The lowest BCUT2D eigenvalue weighted by Gasteiger charge is -2.19. The molecular weight excluding hydrogens is 1020 g/mol. The molecule has 1 aromatic heterocycles. The first-order valence-corrected chi connectivity index (χ1v) is 23.7. The molecule has 0 bridgehead atoms. The fourth-order valence-corrected chi connectivity index (χ4v) is 7.25. The number of alkyl halides is 1. The fourth-order valence-electron chi connectivity index (χ4n) is 7.25. The molecule has 4 atom stereocenters. The highest BCUT2D eigenvalue weighted by Gasteiger charge is 2.27. The average molecular weight is 1080 g/mol. The molecule has 0 spiro atoms. The van der Waals surface area contributed by atoms with Gasteiger partial charge in [-0.3, -0.25) is 28.4 Å². The number of carboxylic acids is 6. The Morgan fingerprint density at radius 1 is 0.506 bits per heavy atom. The molecule has 0 aliphatic carbocycles. The van der Waals surface area contributed by atoms with Crippen molar-refractivity contribution >= 4 is 77.0 Å². The van der Waals surface area contributed by atoms with E-state index in [0.29, 0.717) is 40.3 Å². The fraction of sp³-hybridized carbons (Fsp3) is 0.367. The number of carbonyl (C=O) groups is 11. The van der Waals surface area contributed by atoms with Gasteiger partial charge in [-0.15, -0.1) is 5.10 Å². The maximum Gasteiger partial charge on any atom is 0.326 e. The molecule has 27 nitrogen and oxygen atoms in total. The lowest BCUT2D eigenvalue weighted by Crippen LogP contribution is -2.51. The van der Waals surface area contributed by atoms with Crippen molar-refractivity contribution in [3.63, 3.8) is 0 Å². The second-order valence-corrected chi connectivity index (χ2v) is 17.3. The van der Waals surface area contributed by atoms with Crippen LogP contribution in [0.2, 0.25) is 0 Å². The van der Waals surface area contributed by atoms with Crippen LogP contribution in [-0.2, 0) is 57.6 Å². The van der Waals surface area contributed by atoms with Gasteiger partial charge in [-0.05, 0) is 98.2 Å². The van der Waals surface area contributed by atoms with Crippen LogP contribution in [0.5, 0.6) is 0 Å². The van der Waals surface area contributed by atoms with Gasteiger partial charge >= 0.3 is 47.9 Å². The van der Waals surface area contributed by atoms with Crippen molar-refractivity contribution < 1.29 is 87.8 Å². The van der Waals surface area contributed by atoms with E-state index in [1.807, 2.05) is 10.6 Å². The minimum absolute atomic E-state index is 0.0412. The molecule has 0 aliphatic rings. The van der Waals surface area contributed by atoms with E-state index in [1.165, 1.54) is 65.3 Å². The molecule has 3 aromatic carbocycles. The first kappa shape index (κ1) is 60.1. The summed E-state index contributed by atoms with van der Waals surface area (Å²) in [5.41, 5.74) is 2.77. The lowest BCUT2D eigenvalue weighted by molar-refractivity contribution is -0.142. The van der Waals surface area contributed by atoms with Crippen LogP contribution in [0.25, 0.3) is 5.69 Å². The number of aryl methyl sites for hydroxylation is 1. The summed E-state index contributed by atoms with van der Waals surface area (Å²) < 4.78 is 14.1. The predicted octanol–water partition coefficient (Wildman–Crippen LogP) is 2.33. The average Bonchev–Trinajstić information content (AvgIpc) is 3.86. The Hall–Kier alpha value is -9.50. The van der Waals surface area contributed by atoms with Gasteiger partial charge in [-0.25, -0.2) is 33.4 Å². The number of nitrogens with zero attached hydrogens (tertiary/aromatic N) is 3. The van der Waals surface area contributed by atoms with Crippen molar-refractivity contribution in [3.8, 4) is 5.69 Å². The van der Waals surface area contributed by atoms with Crippen molar-refractivity contribution in [1.82, 2.24) is 41.6 Å². The molecule has 77 heavy (non-hydrogen) atoms. The Morgan fingerprint density at radius 3 is 1.31 bits per heavy atom. The monoisotopic (exact) mass is 1080 g/mol. The molecule has 13 N–H and O–H groups in total. The Labute approximate surface area is 437 Å². The maximum absolute atomic E-state index is 13.6. The summed E-state index contributed by atoms with van der Waals surface area (Å²) >= 11 is 0. The Kier molecular flexibility index (Phi) is 23.4. The molecule has 4 aromatic rings. The number of amides is 7. The van der Waals surface area contributed by atoms with Gasteiger partial charge in [0.2, 0.25) is 11.8 Å². The molecule has 0 fully saturated rings. The van der Waals surface area contributed by atoms with Crippen LogP contribution in [0.1, 0.15) is 85.0 Å². The van der Waals surface area contributed by atoms with Gasteiger partial charge in [0.05, 0.1) is 24.3 Å². The highest BCUT2D eigenvalue weighted by molar-refractivity contribution is 5.95. The molecular formula is C49H57FN10O17. The van der Waals surface area contributed by atoms with Crippen LogP contribution >= 0.6 is 0 Å². The second kappa shape index (κ2) is 30.0. The SMILES string of the molecule is O=C(O)CCC(NC(=O)NC(Cc1ccc(NC(=O)CCC(CCC(=O)Nc2ccc(CC(NC(=O)NC(CCC(=O)O)C(=O)O)C(=O)O)cc2)NC(=O)c2ccc(-n3cc(CCCF)nn3)cc2)cc1)C(=O)O)C(=O)O. The number of carbonyl (C=O) groups excluding carboxylic acids is 5. The number of anilines is 2. The van der Waals surface area contributed by atoms with Gasteiger partial charge in [-0.2, -0.15) is 0 Å². The summed E-state index contributed by atoms with van der Waals surface area (Å²) in [6.45, 7) is -0.508. The van der Waals surface area contributed by atoms with E-state index in [0.717, 1.165) is 0 Å². The van der Waals surface area contributed by atoms with Gasteiger partial charge in [-0.1, -0.05) is 29.5 Å². The number of benzene rings is 3. The molecule has 4 rings (SSSR count). The van der Waals surface area contributed by atoms with Gasteiger partial charge < -0.3 is 67.9 Å². The Balaban J connectivity index is 1.38. The van der Waals surface area contributed by atoms with E-state index >= 15 is 0 Å². The van der Waals surface area contributed by atoms with Crippen molar-refractivity contribution in [2.75, 3.05) is 17.3 Å². The van der Waals surface area contributed by atoms with E-state index in [1.54, 1.807) is 18.3 Å². The predicted molar refractivity (Wildman–Crippen MR) is 266 cm³/mol. The summed E-state index contributed by atoms with van der Waals surface area (Å²) in [5, 5.41) is 80.5. The standard InChI is InChI=1S/C49H57FN10O17/c50-23-1-2-33-26-60(59-58-33)34-15-7-29(8-16-34)43(67)53-32(13-19-39(61)51-30-9-3-27(4-10-30)24-37(46(72)73)56-48(76)54-35(44(68)69)17-21-41(63)64)14-20-40(62)52-31-11-5-28(6-12-31)25-38(47(74)75)57-49(77)55-36(45(70)71)18-22-42(65)66/h3-12,15-16,26,32,35-38H,1-2,13-14,17-25H2,(H,51,61)(H,52,62)(H,53,67)(H,63,64)(H,65,66)(H,68,69)(H,70,71)(H,72,73)(H,74,75)(H2,54,56,76)(H2,55,57,77). The third-order valence-electron chi connectivity index (χ3n) is 11.3. The number of aliphatic carboxylic acids is 6. The number of nitrogens with one attached hydrogen (secondary N) is 7. The summed E-state index contributed by atoms with van der Waals surface area (Å²) in [6.07, 6.45) is -0.462. The van der Waals surface area contributed by atoms with Crippen LogP contribution < -0.4 is 37.2 Å². The van der Waals surface area contributed by atoms with Crippen molar-refractivity contribution in [2.45, 2.75) is 107 Å². The number of hydrogen-bond acceptors (Lipinski definition) is 13. The van der Waals surface area contributed by atoms with Gasteiger partial charge in [0.15, 0.2) is 0 Å². The van der Waals surface area contributed by atoms with Crippen molar-refractivity contribution in [3.05, 3.63) is 101 Å². The highest BCUT2D eigenvalue weighted by atomic mass is 19.1. The van der Waals surface area contributed by atoms with Gasteiger partial charge in [0.1, 0.15) is 24.2 Å². The minimum atomic E-state index is -1.59. The normalized spacial score (nSPS) is 12.7. The zero-order valence-electron chi connectivity index (χ0n) is 41.0. The first-order chi connectivity index (χ1) is 36.6. The number of carboxylic acid groups (broad SMARTS) is 6. The Morgan fingerprint density at radius 2 is 0.922 bits per heavy atom. The van der Waals surface area contributed by atoms with Crippen LogP contribution in [-0.4, -0.2) is 148 Å².